The van der Waals surface area contributed by atoms with Gasteiger partial charge in [0.2, 0.25) is 0 Å². The number of piperidine rings is 1. The summed E-state index contributed by atoms with van der Waals surface area (Å²) in [6.07, 6.45) is -0.215. The number of ether oxygens (including phenoxy) is 3. The number of benzene rings is 1. The third kappa shape index (κ3) is 4.73. The summed E-state index contributed by atoms with van der Waals surface area (Å²) >= 11 is 0. The standard InChI is InChI=1S/C21H32FNO4/c1-13(22)12-26-19-8-14-6-7-23-11-20(27-21(2,3)4)17(24)10-16(23)15(14)9-18(19)25-5/h8-9,13,16-17,20,24H,6-7,10-12H2,1-5H3/t13-,16-,17-,20-/m1/s1. The predicted molar refractivity (Wildman–Crippen MR) is 102 cm³/mol. The van der Waals surface area contributed by atoms with Crippen molar-refractivity contribution in [3.63, 3.8) is 0 Å². The molecule has 0 aromatic heterocycles. The van der Waals surface area contributed by atoms with E-state index in [1.807, 2.05) is 32.9 Å². The van der Waals surface area contributed by atoms with Gasteiger partial charge in [-0.15, -0.1) is 0 Å². The summed E-state index contributed by atoms with van der Waals surface area (Å²) in [6.45, 7) is 9.14. The summed E-state index contributed by atoms with van der Waals surface area (Å²) < 4.78 is 30.3. The summed E-state index contributed by atoms with van der Waals surface area (Å²) in [7, 11) is 1.59. The average Bonchev–Trinajstić information content (AvgIpc) is 2.58. The van der Waals surface area contributed by atoms with E-state index in [0.717, 1.165) is 18.5 Å². The van der Waals surface area contributed by atoms with Crippen LogP contribution in [0.2, 0.25) is 0 Å². The lowest BCUT2D eigenvalue weighted by molar-refractivity contribution is -0.149. The Morgan fingerprint density at radius 1 is 1.30 bits per heavy atom. The zero-order valence-corrected chi connectivity index (χ0v) is 17.0. The van der Waals surface area contributed by atoms with Crippen molar-refractivity contribution < 1.29 is 23.7 Å². The zero-order valence-electron chi connectivity index (χ0n) is 17.0. The van der Waals surface area contributed by atoms with Gasteiger partial charge in [-0.1, -0.05) is 0 Å². The van der Waals surface area contributed by atoms with E-state index in [0.29, 0.717) is 24.5 Å². The molecule has 0 radical (unpaired) electrons. The number of alkyl halides is 1. The van der Waals surface area contributed by atoms with Gasteiger partial charge in [-0.3, -0.25) is 4.90 Å². The van der Waals surface area contributed by atoms with Crippen LogP contribution >= 0.6 is 0 Å². The molecular formula is C21H32FNO4. The van der Waals surface area contributed by atoms with E-state index in [1.54, 1.807) is 7.11 Å². The molecule has 3 rings (SSSR count). The number of fused-ring (bicyclic) bond motifs is 3. The van der Waals surface area contributed by atoms with Gasteiger partial charge in [0.25, 0.3) is 0 Å². The zero-order chi connectivity index (χ0) is 19.8. The van der Waals surface area contributed by atoms with Gasteiger partial charge in [0.1, 0.15) is 12.8 Å². The molecule has 0 bridgehead atoms. The molecule has 5 nitrogen and oxygen atoms in total. The lowest BCUT2D eigenvalue weighted by Gasteiger charge is -2.46. The van der Waals surface area contributed by atoms with Crippen molar-refractivity contribution in [2.24, 2.45) is 0 Å². The third-order valence-electron chi connectivity index (χ3n) is 5.18. The normalized spacial score (nSPS) is 26.9. The molecule has 2 heterocycles. The molecule has 0 amide bonds. The SMILES string of the molecule is COc1cc2c(cc1OC[C@@H](C)F)CCN1C[C@@H](OC(C)(C)C)[C@H](O)C[C@H]21. The minimum absolute atomic E-state index is 0.00916. The number of rotatable bonds is 5. The van der Waals surface area contributed by atoms with Crippen LogP contribution in [0.25, 0.3) is 0 Å². The van der Waals surface area contributed by atoms with Crippen LogP contribution in [0.1, 0.15) is 51.3 Å². The number of aliphatic hydroxyl groups excluding tert-OH is 1. The van der Waals surface area contributed by atoms with Gasteiger partial charge in [0.15, 0.2) is 11.5 Å². The second kappa shape index (κ2) is 7.94. The Bertz CT molecular complexity index is 658. The molecule has 1 aromatic carbocycles. The Balaban J connectivity index is 1.82. The number of nitrogens with zero attached hydrogens (tertiary/aromatic N) is 1. The number of hydrogen-bond acceptors (Lipinski definition) is 5. The smallest absolute Gasteiger partial charge is 0.161 e. The Morgan fingerprint density at radius 3 is 2.67 bits per heavy atom. The second-order valence-corrected chi connectivity index (χ2v) is 8.63. The minimum atomic E-state index is -1.03. The molecule has 1 aromatic rings. The molecule has 6 heteroatoms. The fourth-order valence-electron chi connectivity index (χ4n) is 4.04. The first-order valence-corrected chi connectivity index (χ1v) is 9.75. The molecule has 2 aliphatic rings. The average molecular weight is 381 g/mol. The largest absolute Gasteiger partial charge is 0.493 e. The summed E-state index contributed by atoms with van der Waals surface area (Å²) in [5.74, 6) is 1.19. The molecule has 0 saturated carbocycles. The van der Waals surface area contributed by atoms with Crippen LogP contribution in [-0.2, 0) is 11.2 Å². The number of aliphatic hydroxyl groups is 1. The molecular weight excluding hydrogens is 349 g/mol. The Hall–Kier alpha value is -1.37. The van der Waals surface area contributed by atoms with E-state index >= 15 is 0 Å². The van der Waals surface area contributed by atoms with Crippen LogP contribution in [-0.4, -0.2) is 60.8 Å². The van der Waals surface area contributed by atoms with Crippen molar-refractivity contribution in [3.05, 3.63) is 23.3 Å². The first-order valence-electron chi connectivity index (χ1n) is 9.75. The lowest BCUT2D eigenvalue weighted by atomic mass is 9.84. The molecule has 0 spiro atoms. The van der Waals surface area contributed by atoms with Crippen LogP contribution in [0.5, 0.6) is 11.5 Å². The van der Waals surface area contributed by atoms with Gasteiger partial charge in [0, 0.05) is 19.1 Å². The van der Waals surface area contributed by atoms with Gasteiger partial charge >= 0.3 is 0 Å². The van der Waals surface area contributed by atoms with Crippen molar-refractivity contribution in [2.45, 2.75) is 70.6 Å². The van der Waals surface area contributed by atoms with Crippen LogP contribution in [0.15, 0.2) is 12.1 Å². The Labute approximate surface area is 161 Å². The molecule has 1 saturated heterocycles. The third-order valence-corrected chi connectivity index (χ3v) is 5.18. The maximum absolute atomic E-state index is 13.2. The molecule has 0 aliphatic carbocycles. The second-order valence-electron chi connectivity index (χ2n) is 8.63. The Morgan fingerprint density at radius 2 is 2.04 bits per heavy atom. The topological polar surface area (TPSA) is 51.2 Å². The summed E-state index contributed by atoms with van der Waals surface area (Å²) in [4.78, 5) is 2.38. The van der Waals surface area contributed by atoms with Crippen LogP contribution < -0.4 is 9.47 Å². The summed E-state index contributed by atoms with van der Waals surface area (Å²) in [6, 6.07) is 4.09. The van der Waals surface area contributed by atoms with Gasteiger partial charge in [-0.05, 0) is 63.8 Å². The molecule has 2 aliphatic heterocycles. The highest BCUT2D eigenvalue weighted by Crippen LogP contribution is 2.42. The van der Waals surface area contributed by atoms with E-state index in [4.69, 9.17) is 14.2 Å². The highest BCUT2D eigenvalue weighted by Gasteiger charge is 2.40. The molecule has 0 unspecified atom stereocenters. The quantitative estimate of drug-likeness (QED) is 0.848. The monoisotopic (exact) mass is 381 g/mol. The van der Waals surface area contributed by atoms with Crippen molar-refractivity contribution >= 4 is 0 Å². The fraction of sp³-hybridized carbons (Fsp3) is 0.714. The number of methoxy groups -OCH3 is 1. The maximum atomic E-state index is 13.2. The van der Waals surface area contributed by atoms with Crippen molar-refractivity contribution in [1.82, 2.24) is 4.90 Å². The molecule has 1 fully saturated rings. The Kier molecular flexibility index (Phi) is 5.99. The number of halogens is 1. The van der Waals surface area contributed by atoms with Crippen LogP contribution in [0.4, 0.5) is 4.39 Å². The maximum Gasteiger partial charge on any atom is 0.161 e. The minimum Gasteiger partial charge on any atom is -0.493 e. The predicted octanol–water partition coefficient (Wildman–Crippen LogP) is 3.28. The molecule has 152 valence electrons. The molecule has 27 heavy (non-hydrogen) atoms. The molecule has 4 atom stereocenters. The van der Waals surface area contributed by atoms with Gasteiger partial charge in [-0.2, -0.15) is 0 Å². The van der Waals surface area contributed by atoms with Gasteiger partial charge in [-0.25, -0.2) is 4.39 Å². The van der Waals surface area contributed by atoms with E-state index in [9.17, 15) is 9.50 Å². The lowest BCUT2D eigenvalue weighted by Crippen LogP contribution is -2.53. The molecule has 1 N–H and O–H groups in total. The van der Waals surface area contributed by atoms with E-state index in [-0.39, 0.29) is 24.4 Å². The van der Waals surface area contributed by atoms with Gasteiger partial charge in [0.05, 0.1) is 24.9 Å². The first-order chi connectivity index (χ1) is 12.7. The summed E-state index contributed by atoms with van der Waals surface area (Å²) in [5, 5.41) is 10.7. The summed E-state index contributed by atoms with van der Waals surface area (Å²) in [5.41, 5.74) is 2.06. The van der Waals surface area contributed by atoms with Crippen LogP contribution in [0.3, 0.4) is 0 Å². The van der Waals surface area contributed by atoms with E-state index < -0.39 is 12.3 Å². The van der Waals surface area contributed by atoms with E-state index in [2.05, 4.69) is 4.90 Å². The van der Waals surface area contributed by atoms with Gasteiger partial charge < -0.3 is 19.3 Å². The number of hydrogen-bond donors (Lipinski definition) is 1. The van der Waals surface area contributed by atoms with E-state index in [1.165, 1.54) is 12.5 Å². The fourth-order valence-corrected chi connectivity index (χ4v) is 4.04. The highest BCUT2D eigenvalue weighted by molar-refractivity contribution is 5.49. The van der Waals surface area contributed by atoms with Crippen molar-refractivity contribution in [3.8, 4) is 11.5 Å². The first kappa shape index (κ1) is 20.4. The van der Waals surface area contributed by atoms with Crippen LogP contribution in [0, 0.1) is 0 Å². The van der Waals surface area contributed by atoms with Crippen molar-refractivity contribution in [2.75, 3.05) is 26.8 Å². The highest BCUT2D eigenvalue weighted by atomic mass is 19.1. The van der Waals surface area contributed by atoms with Crippen molar-refractivity contribution in [1.29, 1.82) is 0 Å².